The summed E-state index contributed by atoms with van der Waals surface area (Å²) in [5.74, 6) is 1.14. The van der Waals surface area contributed by atoms with Gasteiger partial charge in [-0.2, -0.15) is 0 Å². The van der Waals surface area contributed by atoms with E-state index in [2.05, 4.69) is 18.8 Å². The van der Waals surface area contributed by atoms with E-state index in [0.29, 0.717) is 0 Å². The van der Waals surface area contributed by atoms with Crippen LogP contribution in [0, 0.1) is 6.92 Å². The number of hydrogen-bond donors (Lipinski definition) is 2. The van der Waals surface area contributed by atoms with Crippen molar-refractivity contribution < 1.29 is 0 Å². The van der Waals surface area contributed by atoms with Gasteiger partial charge in [0.2, 0.25) is 0 Å². The van der Waals surface area contributed by atoms with Gasteiger partial charge >= 0.3 is 0 Å². The summed E-state index contributed by atoms with van der Waals surface area (Å²) in [6.45, 7) is 5.03. The Balaban J connectivity index is 2.25. The molecular weight excluding hydrogens is 186 g/mol. The SMILES string of the molecule is CCCc1nc(C2(CN)CCC2)[nH]c1C. The van der Waals surface area contributed by atoms with Crippen molar-refractivity contribution in [3.05, 3.63) is 17.2 Å². The summed E-state index contributed by atoms with van der Waals surface area (Å²) in [6, 6.07) is 0. The molecule has 3 nitrogen and oxygen atoms in total. The standard InChI is InChI=1S/C12H21N3/c1-3-5-10-9(2)14-11(15-10)12(8-13)6-4-7-12/h3-8,13H2,1-2H3,(H,14,15). The van der Waals surface area contributed by atoms with Crippen LogP contribution in [0.1, 0.15) is 49.8 Å². The van der Waals surface area contributed by atoms with Crippen LogP contribution in [0.2, 0.25) is 0 Å². The van der Waals surface area contributed by atoms with E-state index in [-0.39, 0.29) is 5.41 Å². The van der Waals surface area contributed by atoms with E-state index in [1.54, 1.807) is 0 Å². The maximum Gasteiger partial charge on any atom is 0.114 e. The molecule has 2 rings (SSSR count). The predicted molar refractivity (Wildman–Crippen MR) is 61.9 cm³/mol. The summed E-state index contributed by atoms with van der Waals surface area (Å²) >= 11 is 0. The topological polar surface area (TPSA) is 54.7 Å². The zero-order chi connectivity index (χ0) is 10.9. The summed E-state index contributed by atoms with van der Waals surface area (Å²) in [4.78, 5) is 8.16. The van der Waals surface area contributed by atoms with Crippen LogP contribution in [0.3, 0.4) is 0 Å². The summed E-state index contributed by atoms with van der Waals surface area (Å²) < 4.78 is 0. The number of aromatic amines is 1. The molecule has 1 aliphatic rings. The molecule has 1 heterocycles. The third-order valence-electron chi connectivity index (χ3n) is 3.68. The first-order valence-electron chi connectivity index (χ1n) is 5.98. The Kier molecular flexibility index (Phi) is 2.83. The molecule has 1 aromatic heterocycles. The molecule has 0 spiro atoms. The second-order valence-electron chi connectivity index (χ2n) is 4.75. The number of nitrogens with two attached hydrogens (primary N) is 1. The second kappa shape index (κ2) is 3.97. The van der Waals surface area contributed by atoms with Gasteiger partial charge in [0, 0.05) is 17.7 Å². The highest BCUT2D eigenvalue weighted by Gasteiger charge is 2.40. The van der Waals surface area contributed by atoms with Gasteiger partial charge in [-0.05, 0) is 26.2 Å². The van der Waals surface area contributed by atoms with E-state index < -0.39 is 0 Å². The Morgan fingerprint density at radius 1 is 1.47 bits per heavy atom. The van der Waals surface area contributed by atoms with Gasteiger partial charge in [0.25, 0.3) is 0 Å². The lowest BCUT2D eigenvalue weighted by molar-refractivity contribution is 0.239. The molecule has 15 heavy (non-hydrogen) atoms. The van der Waals surface area contributed by atoms with E-state index in [4.69, 9.17) is 10.7 Å². The Labute approximate surface area is 91.5 Å². The van der Waals surface area contributed by atoms with Gasteiger partial charge in [-0.15, -0.1) is 0 Å². The fourth-order valence-corrected chi connectivity index (χ4v) is 2.37. The molecule has 84 valence electrons. The fraction of sp³-hybridized carbons (Fsp3) is 0.750. The van der Waals surface area contributed by atoms with Gasteiger partial charge in [-0.3, -0.25) is 0 Å². The molecular formula is C12H21N3. The smallest absolute Gasteiger partial charge is 0.114 e. The minimum atomic E-state index is 0.177. The van der Waals surface area contributed by atoms with Crippen LogP contribution in [-0.4, -0.2) is 16.5 Å². The van der Waals surface area contributed by atoms with Crippen molar-refractivity contribution in [1.82, 2.24) is 9.97 Å². The molecule has 0 atom stereocenters. The van der Waals surface area contributed by atoms with Crippen LogP contribution >= 0.6 is 0 Å². The summed E-state index contributed by atoms with van der Waals surface area (Å²) in [6.07, 6.45) is 5.91. The quantitative estimate of drug-likeness (QED) is 0.794. The maximum absolute atomic E-state index is 5.87. The zero-order valence-electron chi connectivity index (χ0n) is 9.77. The minimum Gasteiger partial charge on any atom is -0.345 e. The Morgan fingerprint density at radius 3 is 2.67 bits per heavy atom. The lowest BCUT2D eigenvalue weighted by Gasteiger charge is -2.39. The lowest BCUT2D eigenvalue weighted by atomic mass is 9.68. The zero-order valence-corrected chi connectivity index (χ0v) is 9.77. The largest absolute Gasteiger partial charge is 0.345 e. The molecule has 0 saturated heterocycles. The number of imidazole rings is 1. The van der Waals surface area contributed by atoms with E-state index in [1.165, 1.54) is 30.7 Å². The van der Waals surface area contributed by atoms with Crippen molar-refractivity contribution in [3.8, 4) is 0 Å². The first-order valence-corrected chi connectivity index (χ1v) is 5.98. The highest BCUT2D eigenvalue weighted by Crippen LogP contribution is 2.41. The number of nitrogens with zero attached hydrogens (tertiary/aromatic N) is 1. The fourth-order valence-electron chi connectivity index (χ4n) is 2.37. The first kappa shape index (κ1) is 10.7. The third-order valence-corrected chi connectivity index (χ3v) is 3.68. The average Bonchev–Trinajstić information content (AvgIpc) is 2.48. The monoisotopic (exact) mass is 207 g/mol. The van der Waals surface area contributed by atoms with Crippen molar-refractivity contribution in [3.63, 3.8) is 0 Å². The van der Waals surface area contributed by atoms with E-state index in [9.17, 15) is 0 Å². The average molecular weight is 207 g/mol. The molecule has 1 fully saturated rings. The number of aryl methyl sites for hydroxylation is 2. The molecule has 1 saturated carbocycles. The number of aromatic nitrogens is 2. The summed E-state index contributed by atoms with van der Waals surface area (Å²) in [5.41, 5.74) is 8.51. The second-order valence-corrected chi connectivity index (χ2v) is 4.75. The Morgan fingerprint density at radius 2 is 2.20 bits per heavy atom. The van der Waals surface area contributed by atoms with Crippen LogP contribution in [0.4, 0.5) is 0 Å². The number of H-pyrrole nitrogens is 1. The van der Waals surface area contributed by atoms with Gasteiger partial charge in [0.1, 0.15) is 5.82 Å². The van der Waals surface area contributed by atoms with Crippen molar-refractivity contribution in [2.45, 2.75) is 51.4 Å². The van der Waals surface area contributed by atoms with E-state index >= 15 is 0 Å². The molecule has 1 aromatic rings. The highest BCUT2D eigenvalue weighted by atomic mass is 15.0. The molecule has 0 aliphatic heterocycles. The molecule has 0 bridgehead atoms. The number of nitrogens with one attached hydrogen (secondary N) is 1. The van der Waals surface area contributed by atoms with Crippen molar-refractivity contribution >= 4 is 0 Å². The molecule has 3 N–H and O–H groups in total. The van der Waals surface area contributed by atoms with Crippen LogP contribution in [0.25, 0.3) is 0 Å². The predicted octanol–water partition coefficient (Wildman–Crippen LogP) is 2.05. The lowest BCUT2D eigenvalue weighted by Crippen LogP contribution is -2.42. The first-order chi connectivity index (χ1) is 7.22. The normalized spacial score (nSPS) is 18.9. The van der Waals surface area contributed by atoms with Gasteiger partial charge in [-0.25, -0.2) is 4.98 Å². The van der Waals surface area contributed by atoms with Crippen molar-refractivity contribution in [1.29, 1.82) is 0 Å². The minimum absolute atomic E-state index is 0.177. The summed E-state index contributed by atoms with van der Waals surface area (Å²) in [5, 5.41) is 0. The summed E-state index contributed by atoms with van der Waals surface area (Å²) in [7, 11) is 0. The van der Waals surface area contributed by atoms with E-state index in [0.717, 1.165) is 25.2 Å². The molecule has 3 heteroatoms. The van der Waals surface area contributed by atoms with Crippen molar-refractivity contribution in [2.75, 3.05) is 6.54 Å². The molecule has 0 radical (unpaired) electrons. The van der Waals surface area contributed by atoms with Gasteiger partial charge in [0.15, 0.2) is 0 Å². The third kappa shape index (κ3) is 1.69. The van der Waals surface area contributed by atoms with Gasteiger partial charge in [0.05, 0.1) is 5.69 Å². The Bertz CT molecular complexity index is 331. The molecule has 0 aromatic carbocycles. The van der Waals surface area contributed by atoms with Crippen LogP contribution in [0.15, 0.2) is 0 Å². The van der Waals surface area contributed by atoms with Crippen LogP contribution < -0.4 is 5.73 Å². The maximum atomic E-state index is 5.87. The Hall–Kier alpha value is -0.830. The van der Waals surface area contributed by atoms with E-state index in [1.807, 2.05) is 0 Å². The molecule has 0 unspecified atom stereocenters. The van der Waals surface area contributed by atoms with Crippen LogP contribution in [-0.2, 0) is 11.8 Å². The van der Waals surface area contributed by atoms with Gasteiger partial charge in [-0.1, -0.05) is 19.8 Å². The van der Waals surface area contributed by atoms with Crippen molar-refractivity contribution in [2.24, 2.45) is 5.73 Å². The van der Waals surface area contributed by atoms with Gasteiger partial charge < -0.3 is 10.7 Å². The number of hydrogen-bond acceptors (Lipinski definition) is 2. The molecule has 0 amide bonds. The highest BCUT2D eigenvalue weighted by molar-refractivity contribution is 5.22. The number of rotatable bonds is 4. The molecule has 1 aliphatic carbocycles. The van der Waals surface area contributed by atoms with Crippen LogP contribution in [0.5, 0.6) is 0 Å².